The number of anilines is 1. The van der Waals surface area contributed by atoms with Crippen molar-refractivity contribution in [3.8, 4) is 5.75 Å². The van der Waals surface area contributed by atoms with Crippen LogP contribution in [0.25, 0.3) is 0 Å². The standard InChI is InChI=1S/C20H23FN2O2S/c1-24-19-10-3-2-9-18(19)22-20(26)23(14-17-8-5-11-25-17)13-15-6-4-7-16(21)12-15/h2-4,6-7,9-10,12,17H,5,8,11,13-14H2,1H3,(H,22,26). The average Bonchev–Trinajstić information content (AvgIpc) is 3.15. The van der Waals surface area contributed by atoms with Gasteiger partial charge in [0.05, 0.1) is 18.9 Å². The number of nitrogens with zero attached hydrogens (tertiary/aromatic N) is 1. The largest absolute Gasteiger partial charge is 0.495 e. The van der Waals surface area contributed by atoms with Crippen molar-refractivity contribution in [3.63, 3.8) is 0 Å². The number of para-hydroxylation sites is 2. The first-order valence-electron chi connectivity index (χ1n) is 8.70. The fourth-order valence-electron chi connectivity index (χ4n) is 3.05. The van der Waals surface area contributed by atoms with Crippen LogP contribution < -0.4 is 10.1 Å². The average molecular weight is 374 g/mol. The van der Waals surface area contributed by atoms with E-state index >= 15 is 0 Å². The van der Waals surface area contributed by atoms with E-state index < -0.39 is 0 Å². The minimum absolute atomic E-state index is 0.140. The van der Waals surface area contributed by atoms with Gasteiger partial charge in [-0.2, -0.15) is 0 Å². The Morgan fingerprint density at radius 1 is 1.31 bits per heavy atom. The van der Waals surface area contributed by atoms with Crippen LogP contribution in [-0.4, -0.2) is 36.4 Å². The molecule has 0 bridgehead atoms. The van der Waals surface area contributed by atoms with Crippen LogP contribution in [0.3, 0.4) is 0 Å². The van der Waals surface area contributed by atoms with Crippen molar-refractivity contribution < 1.29 is 13.9 Å². The Balaban J connectivity index is 1.75. The van der Waals surface area contributed by atoms with Gasteiger partial charge in [0.1, 0.15) is 11.6 Å². The summed E-state index contributed by atoms with van der Waals surface area (Å²) in [7, 11) is 1.63. The second-order valence-corrected chi connectivity index (χ2v) is 6.66. The predicted octanol–water partition coefficient (Wildman–Crippen LogP) is 4.21. The van der Waals surface area contributed by atoms with Crippen LogP contribution in [0.1, 0.15) is 18.4 Å². The number of ether oxygens (including phenoxy) is 2. The molecule has 2 aromatic rings. The normalized spacial score (nSPS) is 16.3. The molecule has 2 aromatic carbocycles. The number of thiocarbonyl (C=S) groups is 1. The molecule has 6 heteroatoms. The molecule has 1 atom stereocenters. The number of hydrogen-bond donors (Lipinski definition) is 1. The Hall–Kier alpha value is -2.18. The molecule has 0 aromatic heterocycles. The predicted molar refractivity (Wildman–Crippen MR) is 105 cm³/mol. The molecule has 1 fully saturated rings. The van der Waals surface area contributed by atoms with E-state index in [-0.39, 0.29) is 11.9 Å². The molecule has 0 radical (unpaired) electrons. The minimum atomic E-state index is -0.247. The highest BCUT2D eigenvalue weighted by Crippen LogP contribution is 2.24. The summed E-state index contributed by atoms with van der Waals surface area (Å²) in [6.45, 7) is 1.96. The van der Waals surface area contributed by atoms with Gasteiger partial charge >= 0.3 is 0 Å². The van der Waals surface area contributed by atoms with Crippen molar-refractivity contribution in [3.05, 3.63) is 59.9 Å². The molecular formula is C20H23FN2O2S. The molecule has 1 saturated heterocycles. The molecule has 0 spiro atoms. The Labute approximate surface area is 158 Å². The number of rotatable bonds is 6. The molecule has 1 unspecified atom stereocenters. The number of benzene rings is 2. The van der Waals surface area contributed by atoms with E-state index in [0.29, 0.717) is 18.2 Å². The molecule has 138 valence electrons. The lowest BCUT2D eigenvalue weighted by Gasteiger charge is -2.28. The molecule has 1 aliphatic heterocycles. The summed E-state index contributed by atoms with van der Waals surface area (Å²) in [5.41, 5.74) is 1.67. The van der Waals surface area contributed by atoms with Crippen LogP contribution in [0.15, 0.2) is 48.5 Å². The molecule has 1 aliphatic rings. The van der Waals surface area contributed by atoms with Crippen LogP contribution in [-0.2, 0) is 11.3 Å². The zero-order valence-corrected chi connectivity index (χ0v) is 15.6. The van der Waals surface area contributed by atoms with Crippen LogP contribution >= 0.6 is 12.2 Å². The summed E-state index contributed by atoms with van der Waals surface area (Å²) in [4.78, 5) is 2.02. The first-order chi connectivity index (χ1) is 12.7. The van der Waals surface area contributed by atoms with Gasteiger partial charge in [0, 0.05) is 19.7 Å². The van der Waals surface area contributed by atoms with E-state index in [9.17, 15) is 4.39 Å². The second-order valence-electron chi connectivity index (χ2n) is 6.28. The van der Waals surface area contributed by atoms with Gasteiger partial charge in [-0.1, -0.05) is 24.3 Å². The van der Waals surface area contributed by atoms with Crippen molar-refractivity contribution in [1.82, 2.24) is 4.90 Å². The quantitative estimate of drug-likeness (QED) is 0.766. The summed E-state index contributed by atoms with van der Waals surface area (Å²) < 4.78 is 24.7. The maximum absolute atomic E-state index is 13.6. The summed E-state index contributed by atoms with van der Waals surface area (Å²) >= 11 is 5.64. The maximum atomic E-state index is 13.6. The lowest BCUT2D eigenvalue weighted by Crippen LogP contribution is -2.39. The van der Waals surface area contributed by atoms with Gasteiger partial charge in [-0.05, 0) is 54.9 Å². The topological polar surface area (TPSA) is 33.7 Å². The number of halogens is 1. The van der Waals surface area contributed by atoms with Crippen molar-refractivity contribution >= 4 is 23.0 Å². The fourth-order valence-corrected chi connectivity index (χ4v) is 3.30. The molecular weight excluding hydrogens is 351 g/mol. The summed E-state index contributed by atoms with van der Waals surface area (Å²) in [5.74, 6) is 0.473. The number of hydrogen-bond acceptors (Lipinski definition) is 3. The van der Waals surface area contributed by atoms with Gasteiger partial charge in [-0.25, -0.2) is 4.39 Å². The molecule has 0 aliphatic carbocycles. The third-order valence-electron chi connectivity index (χ3n) is 4.35. The molecule has 0 amide bonds. The molecule has 3 rings (SSSR count). The van der Waals surface area contributed by atoms with Gasteiger partial charge < -0.3 is 19.7 Å². The minimum Gasteiger partial charge on any atom is -0.495 e. The smallest absolute Gasteiger partial charge is 0.173 e. The molecule has 1 N–H and O–H groups in total. The Morgan fingerprint density at radius 3 is 2.88 bits per heavy atom. The summed E-state index contributed by atoms with van der Waals surface area (Å²) in [6, 6.07) is 14.2. The molecule has 26 heavy (non-hydrogen) atoms. The fraction of sp³-hybridized carbons (Fsp3) is 0.350. The van der Waals surface area contributed by atoms with Crippen LogP contribution in [0.2, 0.25) is 0 Å². The van der Waals surface area contributed by atoms with E-state index in [1.807, 2.05) is 35.2 Å². The Bertz CT molecular complexity index is 750. The van der Waals surface area contributed by atoms with E-state index in [0.717, 1.165) is 36.4 Å². The van der Waals surface area contributed by atoms with E-state index in [1.165, 1.54) is 12.1 Å². The van der Waals surface area contributed by atoms with Crippen molar-refractivity contribution in [1.29, 1.82) is 0 Å². The van der Waals surface area contributed by atoms with E-state index in [1.54, 1.807) is 13.2 Å². The van der Waals surface area contributed by atoms with Crippen LogP contribution in [0.5, 0.6) is 5.75 Å². The molecule has 1 heterocycles. The summed E-state index contributed by atoms with van der Waals surface area (Å²) in [5, 5.41) is 3.82. The van der Waals surface area contributed by atoms with Gasteiger partial charge in [0.25, 0.3) is 0 Å². The summed E-state index contributed by atoms with van der Waals surface area (Å²) in [6.07, 6.45) is 2.21. The van der Waals surface area contributed by atoms with E-state index in [2.05, 4.69) is 5.32 Å². The van der Waals surface area contributed by atoms with Gasteiger partial charge in [0.2, 0.25) is 0 Å². The first kappa shape index (κ1) is 18.6. The highest BCUT2D eigenvalue weighted by atomic mass is 32.1. The zero-order valence-electron chi connectivity index (χ0n) is 14.8. The van der Waals surface area contributed by atoms with Gasteiger partial charge in [-0.15, -0.1) is 0 Å². The number of nitrogens with one attached hydrogen (secondary N) is 1. The van der Waals surface area contributed by atoms with Crippen molar-refractivity contribution in [2.45, 2.75) is 25.5 Å². The van der Waals surface area contributed by atoms with Gasteiger partial charge in [0.15, 0.2) is 5.11 Å². The zero-order chi connectivity index (χ0) is 18.4. The Morgan fingerprint density at radius 2 is 2.15 bits per heavy atom. The molecule has 0 saturated carbocycles. The third-order valence-corrected chi connectivity index (χ3v) is 4.71. The van der Waals surface area contributed by atoms with E-state index in [4.69, 9.17) is 21.7 Å². The van der Waals surface area contributed by atoms with Crippen LogP contribution in [0.4, 0.5) is 10.1 Å². The maximum Gasteiger partial charge on any atom is 0.173 e. The van der Waals surface area contributed by atoms with Crippen molar-refractivity contribution in [2.24, 2.45) is 0 Å². The number of methoxy groups -OCH3 is 1. The van der Waals surface area contributed by atoms with Crippen molar-refractivity contribution in [2.75, 3.05) is 25.6 Å². The lowest BCUT2D eigenvalue weighted by atomic mass is 10.2. The lowest BCUT2D eigenvalue weighted by molar-refractivity contribution is 0.0905. The van der Waals surface area contributed by atoms with Crippen LogP contribution in [0, 0.1) is 5.82 Å². The van der Waals surface area contributed by atoms with Gasteiger partial charge in [-0.3, -0.25) is 0 Å². The second kappa shape index (κ2) is 8.96. The highest BCUT2D eigenvalue weighted by Gasteiger charge is 2.21. The first-order valence-corrected chi connectivity index (χ1v) is 9.11. The SMILES string of the molecule is COc1ccccc1NC(=S)N(Cc1cccc(F)c1)CC1CCCO1. The Kier molecular flexibility index (Phi) is 6.41. The third kappa shape index (κ3) is 4.93. The monoisotopic (exact) mass is 374 g/mol. The highest BCUT2D eigenvalue weighted by molar-refractivity contribution is 7.80. The molecule has 4 nitrogen and oxygen atoms in total.